The molecule has 1 atom stereocenters. The number of aldehydes is 1. The van der Waals surface area contributed by atoms with Crippen LogP contribution in [0.2, 0.25) is 0 Å². The van der Waals surface area contributed by atoms with E-state index < -0.39 is 0 Å². The predicted molar refractivity (Wildman–Crippen MR) is 52.0 cm³/mol. The molecule has 0 rings (SSSR count). The zero-order chi connectivity index (χ0) is 8.69. The van der Waals surface area contributed by atoms with Gasteiger partial charge in [0.25, 0.3) is 0 Å². The lowest BCUT2D eigenvalue weighted by Crippen LogP contribution is -1.94. The second-order valence-corrected chi connectivity index (χ2v) is 3.54. The monoisotopic (exact) mass is 172 g/mol. The van der Waals surface area contributed by atoms with Crippen molar-refractivity contribution in [2.45, 2.75) is 20.3 Å². The summed E-state index contributed by atoms with van der Waals surface area (Å²) in [4.78, 5) is 10.5. The fourth-order valence-electron chi connectivity index (χ4n) is 0.771. The molecule has 0 fully saturated rings. The van der Waals surface area contributed by atoms with Gasteiger partial charge in [0.1, 0.15) is 6.29 Å². The van der Waals surface area contributed by atoms with Gasteiger partial charge in [-0.25, -0.2) is 0 Å². The zero-order valence-electron chi connectivity index (χ0n) is 7.46. The molecule has 0 saturated carbocycles. The van der Waals surface area contributed by atoms with E-state index >= 15 is 0 Å². The van der Waals surface area contributed by atoms with Gasteiger partial charge in [0.2, 0.25) is 0 Å². The number of carbonyl (C=O) groups excluding carboxylic acids is 1. The van der Waals surface area contributed by atoms with E-state index in [9.17, 15) is 4.79 Å². The summed E-state index contributed by atoms with van der Waals surface area (Å²) in [6.45, 7) is 4.26. The Morgan fingerprint density at radius 1 is 1.64 bits per heavy atom. The molecule has 0 radical (unpaired) electrons. The van der Waals surface area contributed by atoms with E-state index in [1.807, 2.05) is 6.26 Å². The van der Waals surface area contributed by atoms with Crippen molar-refractivity contribution in [1.29, 1.82) is 0 Å². The van der Waals surface area contributed by atoms with Gasteiger partial charge in [-0.1, -0.05) is 26.3 Å². The van der Waals surface area contributed by atoms with Crippen LogP contribution in [0.25, 0.3) is 0 Å². The second kappa shape index (κ2) is 6.47. The molecule has 0 aliphatic heterocycles. The molecule has 11 heavy (non-hydrogen) atoms. The topological polar surface area (TPSA) is 17.1 Å². The molecule has 0 aliphatic rings. The minimum atomic E-state index is 0.530. The van der Waals surface area contributed by atoms with Crippen LogP contribution in [0.1, 0.15) is 20.3 Å². The summed E-state index contributed by atoms with van der Waals surface area (Å²) in [6, 6.07) is 0. The minimum Gasteiger partial charge on any atom is -0.298 e. The van der Waals surface area contributed by atoms with Crippen LogP contribution in [-0.2, 0) is 4.79 Å². The predicted octanol–water partition coefficient (Wildman–Crippen LogP) is 2.52. The van der Waals surface area contributed by atoms with Crippen LogP contribution in [0.4, 0.5) is 0 Å². The van der Waals surface area contributed by atoms with E-state index in [-0.39, 0.29) is 0 Å². The number of thioether (sulfide) groups is 1. The van der Waals surface area contributed by atoms with Crippen molar-refractivity contribution in [2.24, 2.45) is 5.92 Å². The van der Waals surface area contributed by atoms with Crippen molar-refractivity contribution in [1.82, 2.24) is 0 Å². The maximum atomic E-state index is 10.5. The molecular formula is C9H16OS. The Labute approximate surface area is 73.3 Å². The molecule has 0 saturated heterocycles. The van der Waals surface area contributed by atoms with Gasteiger partial charge in [-0.2, -0.15) is 11.8 Å². The number of hydrogen-bond donors (Lipinski definition) is 0. The Kier molecular flexibility index (Phi) is 6.33. The Morgan fingerprint density at radius 3 is 2.64 bits per heavy atom. The lowest BCUT2D eigenvalue weighted by atomic mass is 10.1. The quantitative estimate of drug-likeness (QED) is 0.468. The van der Waals surface area contributed by atoms with E-state index in [2.05, 4.69) is 19.9 Å². The van der Waals surface area contributed by atoms with Crippen molar-refractivity contribution in [3.8, 4) is 0 Å². The molecule has 0 aromatic heterocycles. The van der Waals surface area contributed by atoms with Gasteiger partial charge in [0, 0.05) is 5.75 Å². The summed E-state index contributed by atoms with van der Waals surface area (Å²) >= 11 is 1.69. The van der Waals surface area contributed by atoms with Crippen molar-refractivity contribution in [3.05, 3.63) is 11.6 Å². The molecule has 1 unspecified atom stereocenters. The molecule has 0 N–H and O–H groups in total. The average molecular weight is 172 g/mol. The van der Waals surface area contributed by atoms with E-state index in [1.165, 1.54) is 0 Å². The molecule has 1 nitrogen and oxygen atoms in total. The van der Waals surface area contributed by atoms with Crippen LogP contribution in [0.3, 0.4) is 0 Å². The Bertz CT molecular complexity index is 140. The molecule has 0 spiro atoms. The average Bonchev–Trinajstić information content (AvgIpc) is 2.03. The number of hydrogen-bond acceptors (Lipinski definition) is 2. The van der Waals surface area contributed by atoms with Gasteiger partial charge in [-0.05, 0) is 17.7 Å². The summed E-state index contributed by atoms with van der Waals surface area (Å²) < 4.78 is 0. The number of allylic oxidation sites excluding steroid dienone is 1. The van der Waals surface area contributed by atoms with E-state index in [4.69, 9.17) is 0 Å². The molecule has 0 bridgehead atoms. The maximum absolute atomic E-state index is 10.5. The van der Waals surface area contributed by atoms with Gasteiger partial charge in [-0.15, -0.1) is 0 Å². The highest BCUT2D eigenvalue weighted by molar-refractivity contribution is 7.98. The third kappa shape index (κ3) is 5.08. The Hall–Kier alpha value is -0.240. The van der Waals surface area contributed by atoms with Crippen LogP contribution in [0.5, 0.6) is 0 Å². The summed E-state index contributed by atoms with van der Waals surface area (Å²) in [5.41, 5.74) is 0.923. The third-order valence-electron chi connectivity index (χ3n) is 1.60. The second-order valence-electron chi connectivity index (χ2n) is 2.68. The van der Waals surface area contributed by atoms with Crippen molar-refractivity contribution in [2.75, 3.05) is 12.0 Å². The van der Waals surface area contributed by atoms with E-state index in [0.717, 1.165) is 24.0 Å². The minimum absolute atomic E-state index is 0.530. The van der Waals surface area contributed by atoms with Crippen molar-refractivity contribution < 1.29 is 4.79 Å². The molecular weight excluding hydrogens is 156 g/mol. The van der Waals surface area contributed by atoms with Crippen molar-refractivity contribution >= 4 is 18.0 Å². The van der Waals surface area contributed by atoms with Gasteiger partial charge in [-0.3, -0.25) is 4.79 Å². The SMILES string of the molecule is CCC(C)/C=C(\C=O)CSC. The van der Waals surface area contributed by atoms with Crippen LogP contribution in [0, 0.1) is 5.92 Å². The first-order chi connectivity index (χ1) is 5.24. The number of carbonyl (C=O) groups is 1. The van der Waals surface area contributed by atoms with Crippen LogP contribution in [0.15, 0.2) is 11.6 Å². The summed E-state index contributed by atoms with van der Waals surface area (Å²) in [5, 5.41) is 0. The Morgan fingerprint density at radius 2 is 2.27 bits per heavy atom. The molecule has 2 heteroatoms. The van der Waals surface area contributed by atoms with E-state index in [1.54, 1.807) is 11.8 Å². The van der Waals surface area contributed by atoms with Gasteiger partial charge >= 0.3 is 0 Å². The van der Waals surface area contributed by atoms with Gasteiger partial charge in [0.05, 0.1) is 0 Å². The lowest BCUT2D eigenvalue weighted by molar-refractivity contribution is -0.104. The molecule has 0 amide bonds. The van der Waals surface area contributed by atoms with Crippen LogP contribution >= 0.6 is 11.8 Å². The van der Waals surface area contributed by atoms with Gasteiger partial charge < -0.3 is 0 Å². The molecule has 0 aliphatic carbocycles. The fraction of sp³-hybridized carbons (Fsp3) is 0.667. The standard InChI is InChI=1S/C9H16OS/c1-4-8(2)5-9(6-10)7-11-3/h5-6,8H,4,7H2,1-3H3/b9-5+. The maximum Gasteiger partial charge on any atom is 0.146 e. The first kappa shape index (κ1) is 10.8. The third-order valence-corrected chi connectivity index (χ3v) is 2.23. The number of rotatable bonds is 5. The molecule has 0 aromatic carbocycles. The highest BCUT2D eigenvalue weighted by atomic mass is 32.2. The molecule has 0 aromatic rings. The van der Waals surface area contributed by atoms with Crippen molar-refractivity contribution in [3.63, 3.8) is 0 Å². The van der Waals surface area contributed by atoms with E-state index in [0.29, 0.717) is 5.92 Å². The largest absolute Gasteiger partial charge is 0.298 e. The summed E-state index contributed by atoms with van der Waals surface area (Å²) in [6.07, 6.45) is 6.13. The molecule has 64 valence electrons. The summed E-state index contributed by atoms with van der Waals surface area (Å²) in [5.74, 6) is 1.37. The lowest BCUT2D eigenvalue weighted by Gasteiger charge is -2.02. The fourth-order valence-corrected chi connectivity index (χ4v) is 1.27. The highest BCUT2D eigenvalue weighted by Crippen LogP contribution is 2.08. The first-order valence-corrected chi connectivity index (χ1v) is 5.28. The van der Waals surface area contributed by atoms with Gasteiger partial charge in [0.15, 0.2) is 0 Å². The molecule has 0 heterocycles. The highest BCUT2D eigenvalue weighted by Gasteiger charge is 1.97. The normalized spacial score (nSPS) is 14.6. The summed E-state index contributed by atoms with van der Waals surface area (Å²) in [7, 11) is 0. The smallest absolute Gasteiger partial charge is 0.146 e. The Balaban J connectivity index is 3.98. The zero-order valence-corrected chi connectivity index (χ0v) is 8.28. The van der Waals surface area contributed by atoms with Crippen LogP contribution < -0.4 is 0 Å². The first-order valence-electron chi connectivity index (χ1n) is 3.89. The van der Waals surface area contributed by atoms with Crippen LogP contribution in [-0.4, -0.2) is 18.3 Å².